The molecule has 2 aromatic carbocycles. The first-order chi connectivity index (χ1) is 18.5. The molecule has 0 saturated carbocycles. The van der Waals surface area contributed by atoms with Gasteiger partial charge in [-0.3, -0.25) is 4.79 Å². The summed E-state index contributed by atoms with van der Waals surface area (Å²) in [6.07, 6.45) is 17.8. The quantitative estimate of drug-likeness (QED) is 0.0986. The Morgan fingerprint density at radius 2 is 1.18 bits per heavy atom. The number of benzene rings is 2. The van der Waals surface area contributed by atoms with Gasteiger partial charge < -0.3 is 9.47 Å². The second-order valence-electron chi connectivity index (χ2n) is 10.7. The fraction of sp³-hybridized carbons (Fsp3) is 0.588. The van der Waals surface area contributed by atoms with Crippen LogP contribution in [0.5, 0.6) is 5.75 Å². The predicted octanol–water partition coefficient (Wildman–Crippen LogP) is 9.94. The van der Waals surface area contributed by atoms with Crippen LogP contribution in [-0.4, -0.2) is 18.5 Å². The van der Waals surface area contributed by atoms with E-state index in [0.717, 1.165) is 36.8 Å². The molecule has 0 aromatic heterocycles. The summed E-state index contributed by atoms with van der Waals surface area (Å²) in [4.78, 5) is 24.5. The summed E-state index contributed by atoms with van der Waals surface area (Å²) >= 11 is 0. The van der Waals surface area contributed by atoms with Gasteiger partial charge in [-0.1, -0.05) is 122 Å². The van der Waals surface area contributed by atoms with Crippen LogP contribution in [0.4, 0.5) is 0 Å². The zero-order chi connectivity index (χ0) is 27.4. The Labute approximate surface area is 231 Å². The van der Waals surface area contributed by atoms with Crippen LogP contribution in [0.25, 0.3) is 11.1 Å². The molecule has 0 aliphatic carbocycles. The minimum absolute atomic E-state index is 0.166. The van der Waals surface area contributed by atoms with Crippen LogP contribution in [0.2, 0.25) is 0 Å². The third-order valence-corrected chi connectivity index (χ3v) is 7.32. The highest BCUT2D eigenvalue weighted by molar-refractivity contribution is 5.90. The molecule has 1 unspecified atom stereocenters. The molecule has 0 spiro atoms. The molecule has 210 valence electrons. The Hall–Kier alpha value is -2.62. The Balaban J connectivity index is 1.61. The van der Waals surface area contributed by atoms with Crippen LogP contribution in [0.1, 0.15) is 127 Å². The second-order valence-corrected chi connectivity index (χ2v) is 10.7. The van der Waals surface area contributed by atoms with E-state index in [9.17, 15) is 9.59 Å². The van der Waals surface area contributed by atoms with Gasteiger partial charge >= 0.3 is 11.9 Å². The van der Waals surface area contributed by atoms with E-state index in [4.69, 9.17) is 9.47 Å². The summed E-state index contributed by atoms with van der Waals surface area (Å²) in [5.41, 5.74) is 2.55. The van der Waals surface area contributed by atoms with Crippen LogP contribution < -0.4 is 4.74 Å². The highest BCUT2D eigenvalue weighted by Gasteiger charge is 2.09. The Morgan fingerprint density at radius 3 is 1.71 bits per heavy atom. The Morgan fingerprint density at radius 1 is 0.684 bits per heavy atom. The predicted molar refractivity (Wildman–Crippen MR) is 158 cm³/mol. The summed E-state index contributed by atoms with van der Waals surface area (Å²) < 4.78 is 10.9. The lowest BCUT2D eigenvalue weighted by atomic mass is 10.0. The molecule has 38 heavy (non-hydrogen) atoms. The molecule has 0 heterocycles. The molecule has 0 saturated heterocycles. The van der Waals surface area contributed by atoms with Gasteiger partial charge in [0.25, 0.3) is 0 Å². The lowest BCUT2D eigenvalue weighted by Crippen LogP contribution is -2.08. The topological polar surface area (TPSA) is 52.6 Å². The fourth-order valence-electron chi connectivity index (χ4n) is 4.45. The summed E-state index contributed by atoms with van der Waals surface area (Å²) in [5.74, 6) is 0.678. The van der Waals surface area contributed by atoms with Crippen LogP contribution in [0.15, 0.2) is 48.5 Å². The van der Waals surface area contributed by atoms with Crippen LogP contribution in [0.3, 0.4) is 0 Å². The SMILES string of the molecule is CCCCCCCCCCCCCCC(=O)Oc1ccc(-c2ccc(C(=O)OCCC(C)CC)cc2)cc1. The Bertz CT molecular complexity index is 901. The molecule has 4 nitrogen and oxygen atoms in total. The van der Waals surface area contributed by atoms with E-state index in [2.05, 4.69) is 20.8 Å². The van der Waals surface area contributed by atoms with Crippen molar-refractivity contribution < 1.29 is 19.1 Å². The lowest BCUT2D eigenvalue weighted by molar-refractivity contribution is -0.134. The molecule has 0 aliphatic rings. The second kappa shape index (κ2) is 19.4. The number of hydrogen-bond donors (Lipinski definition) is 0. The van der Waals surface area contributed by atoms with Crippen LogP contribution in [-0.2, 0) is 9.53 Å². The number of carbonyl (C=O) groups is 2. The average molecular weight is 523 g/mol. The maximum atomic E-state index is 12.2. The highest BCUT2D eigenvalue weighted by atomic mass is 16.5. The van der Waals surface area contributed by atoms with Crippen LogP contribution in [0, 0.1) is 5.92 Å². The summed E-state index contributed by atoms with van der Waals surface area (Å²) in [7, 11) is 0. The molecule has 0 N–H and O–H groups in total. The molecule has 1 atom stereocenters. The van der Waals surface area contributed by atoms with Crippen LogP contribution >= 0.6 is 0 Å². The molecule has 4 heteroatoms. The molecule has 0 aliphatic heterocycles. The first-order valence-corrected chi connectivity index (χ1v) is 15.1. The number of ether oxygens (including phenoxy) is 2. The zero-order valence-electron chi connectivity index (χ0n) is 24.1. The highest BCUT2D eigenvalue weighted by Crippen LogP contribution is 2.24. The van der Waals surface area contributed by atoms with Gasteiger partial charge in [-0.15, -0.1) is 0 Å². The van der Waals surface area contributed by atoms with Crippen molar-refractivity contribution in [2.75, 3.05) is 6.61 Å². The molecule has 0 fully saturated rings. The molecule has 2 rings (SSSR count). The zero-order valence-corrected chi connectivity index (χ0v) is 24.1. The number of hydrogen-bond acceptors (Lipinski definition) is 4. The van der Waals surface area contributed by atoms with Crippen molar-refractivity contribution >= 4 is 11.9 Å². The molecular weight excluding hydrogens is 472 g/mol. The number of rotatable bonds is 20. The monoisotopic (exact) mass is 522 g/mol. The molecule has 0 amide bonds. The third kappa shape index (κ3) is 13.3. The van der Waals surface area contributed by atoms with Crippen molar-refractivity contribution in [3.8, 4) is 16.9 Å². The van der Waals surface area contributed by atoms with Gasteiger partial charge in [0.05, 0.1) is 12.2 Å². The van der Waals surface area contributed by atoms with Crippen molar-refractivity contribution in [2.24, 2.45) is 5.92 Å². The number of esters is 2. The summed E-state index contributed by atoms with van der Waals surface area (Å²) in [5, 5.41) is 0. The largest absolute Gasteiger partial charge is 0.462 e. The maximum Gasteiger partial charge on any atom is 0.338 e. The van der Waals surface area contributed by atoms with Crippen molar-refractivity contribution in [1.82, 2.24) is 0 Å². The minimum Gasteiger partial charge on any atom is -0.462 e. The normalized spacial score (nSPS) is 11.8. The molecule has 2 aromatic rings. The van der Waals surface area contributed by atoms with E-state index in [1.807, 2.05) is 36.4 Å². The Kier molecular flexibility index (Phi) is 16.2. The minimum atomic E-state index is -0.282. The van der Waals surface area contributed by atoms with Gasteiger partial charge in [0.1, 0.15) is 5.75 Å². The summed E-state index contributed by atoms with van der Waals surface area (Å²) in [6, 6.07) is 14.9. The van der Waals surface area contributed by atoms with E-state index >= 15 is 0 Å². The summed E-state index contributed by atoms with van der Waals surface area (Å²) in [6.45, 7) is 7.02. The van der Waals surface area contributed by atoms with E-state index in [-0.39, 0.29) is 11.9 Å². The van der Waals surface area contributed by atoms with Gasteiger partial charge in [0.15, 0.2) is 0 Å². The van der Waals surface area contributed by atoms with Crippen molar-refractivity contribution in [1.29, 1.82) is 0 Å². The van der Waals surface area contributed by atoms with Gasteiger partial charge in [0, 0.05) is 6.42 Å². The first-order valence-electron chi connectivity index (χ1n) is 15.1. The van der Waals surface area contributed by atoms with E-state index in [0.29, 0.717) is 30.3 Å². The van der Waals surface area contributed by atoms with Gasteiger partial charge in [0.2, 0.25) is 0 Å². The van der Waals surface area contributed by atoms with Crippen molar-refractivity contribution in [3.63, 3.8) is 0 Å². The maximum absolute atomic E-state index is 12.2. The molecule has 0 bridgehead atoms. The average Bonchev–Trinajstić information content (AvgIpc) is 2.94. The first kappa shape index (κ1) is 31.6. The lowest BCUT2D eigenvalue weighted by Gasteiger charge is -2.09. The van der Waals surface area contributed by atoms with E-state index < -0.39 is 0 Å². The van der Waals surface area contributed by atoms with E-state index in [1.165, 1.54) is 64.2 Å². The standard InChI is InChI=1S/C34H50O4/c1-4-6-7-8-9-10-11-12-13-14-15-16-17-33(35)38-32-24-22-30(23-25-32)29-18-20-31(21-19-29)34(36)37-27-26-28(3)5-2/h18-25,28H,4-17,26-27H2,1-3H3. The smallest absolute Gasteiger partial charge is 0.338 e. The van der Waals surface area contributed by atoms with Crippen molar-refractivity contribution in [3.05, 3.63) is 54.1 Å². The van der Waals surface area contributed by atoms with Gasteiger partial charge in [-0.05, 0) is 54.2 Å². The van der Waals surface area contributed by atoms with Gasteiger partial charge in [-0.25, -0.2) is 4.79 Å². The third-order valence-electron chi connectivity index (χ3n) is 7.32. The van der Waals surface area contributed by atoms with Gasteiger partial charge in [-0.2, -0.15) is 0 Å². The fourth-order valence-corrected chi connectivity index (χ4v) is 4.45. The number of unbranched alkanes of at least 4 members (excludes halogenated alkanes) is 11. The molecule has 0 radical (unpaired) electrons. The molecular formula is C34H50O4. The van der Waals surface area contributed by atoms with E-state index in [1.54, 1.807) is 12.1 Å². The van der Waals surface area contributed by atoms with Crippen molar-refractivity contribution in [2.45, 2.75) is 117 Å². The number of carbonyl (C=O) groups excluding carboxylic acids is 2.